The van der Waals surface area contributed by atoms with E-state index in [4.69, 9.17) is 9.11 Å². The first-order valence-electron chi connectivity index (χ1n) is 4.55. The number of hydrogen-bond donors (Lipinski definition) is 2. The minimum absolute atomic E-state index is 0.0869. The third kappa shape index (κ3) is 2.53. The van der Waals surface area contributed by atoms with Gasteiger partial charge in [-0.25, -0.2) is 0 Å². The van der Waals surface area contributed by atoms with Gasteiger partial charge in [-0.1, -0.05) is 0 Å². The minimum Gasteiger partial charge on any atom is -0.616 e. The van der Waals surface area contributed by atoms with E-state index in [1.807, 2.05) is 0 Å². The maximum absolute atomic E-state index is 11.3. The van der Waals surface area contributed by atoms with Crippen LogP contribution in [0.4, 0.5) is 0 Å². The lowest BCUT2D eigenvalue weighted by atomic mass is 10.1. The van der Waals surface area contributed by atoms with Crippen molar-refractivity contribution >= 4 is 31.4 Å². The molecule has 0 saturated carbocycles. The second kappa shape index (κ2) is 4.18. The van der Waals surface area contributed by atoms with Gasteiger partial charge >= 0.3 is 0 Å². The largest absolute Gasteiger partial charge is 0.616 e. The van der Waals surface area contributed by atoms with Crippen LogP contribution in [0.25, 0.3) is 0 Å². The molecule has 0 amide bonds. The number of hydrogen-bond acceptors (Lipinski definition) is 5. The fourth-order valence-corrected chi connectivity index (χ4v) is 4.89. The van der Waals surface area contributed by atoms with Gasteiger partial charge in [-0.05, 0) is 23.3 Å². The molecule has 1 aliphatic heterocycles. The van der Waals surface area contributed by atoms with Crippen LogP contribution < -0.4 is 0 Å². The van der Waals surface area contributed by atoms with Gasteiger partial charge in [0.2, 0.25) is 0 Å². The van der Waals surface area contributed by atoms with Crippen molar-refractivity contribution in [2.24, 2.45) is 0 Å². The van der Waals surface area contributed by atoms with Crippen LogP contribution in [0.2, 0.25) is 0 Å². The molecule has 0 spiro atoms. The van der Waals surface area contributed by atoms with Crippen LogP contribution in [0.15, 0.2) is 21.9 Å². The van der Waals surface area contributed by atoms with Crippen molar-refractivity contribution < 1.29 is 30.5 Å². The number of benzene rings is 1. The van der Waals surface area contributed by atoms with E-state index in [0.29, 0.717) is 11.1 Å². The lowest BCUT2D eigenvalue weighted by Gasteiger charge is -2.06. The molecule has 1 aromatic carbocycles. The van der Waals surface area contributed by atoms with Crippen LogP contribution in [0, 0.1) is 0 Å². The molecule has 18 heavy (non-hydrogen) atoms. The van der Waals surface area contributed by atoms with E-state index in [2.05, 4.69) is 0 Å². The van der Waals surface area contributed by atoms with Crippen LogP contribution in [0.5, 0.6) is 0 Å². The van der Waals surface area contributed by atoms with Gasteiger partial charge in [0.1, 0.15) is 21.3 Å². The molecule has 0 aromatic heterocycles. The fourth-order valence-electron chi connectivity index (χ4n) is 1.71. The Kier molecular flexibility index (Phi) is 3.20. The zero-order valence-electron chi connectivity index (χ0n) is 8.73. The van der Waals surface area contributed by atoms with Gasteiger partial charge < -0.3 is 4.55 Å². The van der Waals surface area contributed by atoms with Crippen LogP contribution >= 0.6 is 0 Å². The minimum atomic E-state index is -4.79. The fraction of sp³-hybridized carbons (Fsp3) is 0.250. The Morgan fingerprint density at radius 3 is 1.56 bits per heavy atom. The Labute approximate surface area is 107 Å². The summed E-state index contributed by atoms with van der Waals surface area (Å²) in [5.74, 6) is 0.174. The third-order valence-electron chi connectivity index (χ3n) is 2.45. The highest BCUT2D eigenvalue weighted by atomic mass is 32.2. The van der Waals surface area contributed by atoms with Crippen molar-refractivity contribution in [2.75, 3.05) is 0 Å². The number of rotatable bonds is 2. The highest BCUT2D eigenvalue weighted by Gasteiger charge is 2.31. The van der Waals surface area contributed by atoms with E-state index in [1.54, 1.807) is 0 Å². The molecule has 10 heteroatoms. The SMILES string of the molecule is O=S(=O)(O)c1cc2c(cc1S(=O)(=O)O)C[S+]([O-])C2. The standard InChI is InChI=1S/C8H8O7S3/c9-16-3-5-1-7(17(10,11)12)8(18(13,14)15)2-6(5)4-16/h1-2H,3-4H2,(H,10,11,12)(H,13,14,15). The van der Waals surface area contributed by atoms with Crippen molar-refractivity contribution in [2.45, 2.75) is 21.3 Å². The predicted octanol–water partition coefficient (Wildman–Crippen LogP) is -0.0577. The molecule has 2 rings (SSSR count). The molecular formula is C8H8O7S3. The van der Waals surface area contributed by atoms with Crippen LogP contribution in [0.3, 0.4) is 0 Å². The average Bonchev–Trinajstić information content (AvgIpc) is 2.52. The van der Waals surface area contributed by atoms with Gasteiger partial charge in [-0.3, -0.25) is 9.11 Å². The normalized spacial score (nSPS) is 16.8. The Balaban J connectivity index is 2.78. The smallest absolute Gasteiger partial charge is 0.295 e. The summed E-state index contributed by atoms with van der Waals surface area (Å²) in [6, 6.07) is 1.86. The lowest BCUT2D eigenvalue weighted by Crippen LogP contribution is -2.09. The summed E-state index contributed by atoms with van der Waals surface area (Å²) in [7, 11) is -9.59. The quantitative estimate of drug-likeness (QED) is 0.577. The molecule has 1 aromatic rings. The molecule has 0 radical (unpaired) electrons. The third-order valence-corrected chi connectivity index (χ3v) is 5.64. The summed E-state index contributed by atoms with van der Waals surface area (Å²) in [6.45, 7) is 0. The Bertz CT molecular complexity index is 643. The van der Waals surface area contributed by atoms with Crippen molar-refractivity contribution in [1.29, 1.82) is 0 Å². The second-order valence-electron chi connectivity index (χ2n) is 3.75. The molecule has 1 aliphatic rings. The van der Waals surface area contributed by atoms with E-state index in [0.717, 1.165) is 12.1 Å². The van der Waals surface area contributed by atoms with E-state index < -0.39 is 41.2 Å². The van der Waals surface area contributed by atoms with Crippen LogP contribution in [-0.4, -0.2) is 30.5 Å². The van der Waals surface area contributed by atoms with Crippen molar-refractivity contribution in [3.63, 3.8) is 0 Å². The summed E-state index contributed by atoms with van der Waals surface area (Å²) < 4.78 is 73.6. The highest BCUT2D eigenvalue weighted by molar-refractivity contribution is 7.90. The molecule has 1 heterocycles. The molecule has 0 atom stereocenters. The molecule has 0 bridgehead atoms. The first kappa shape index (κ1) is 13.8. The Morgan fingerprint density at radius 2 is 1.28 bits per heavy atom. The van der Waals surface area contributed by atoms with Gasteiger partial charge in [-0.2, -0.15) is 16.8 Å². The van der Waals surface area contributed by atoms with Crippen LogP contribution in [-0.2, 0) is 42.9 Å². The van der Waals surface area contributed by atoms with E-state index >= 15 is 0 Å². The van der Waals surface area contributed by atoms with E-state index in [9.17, 15) is 21.4 Å². The summed E-state index contributed by atoms with van der Waals surface area (Å²) in [5.41, 5.74) is 0.765. The summed E-state index contributed by atoms with van der Waals surface area (Å²) in [4.78, 5) is -1.80. The maximum Gasteiger partial charge on any atom is 0.295 e. The molecule has 0 saturated heterocycles. The van der Waals surface area contributed by atoms with Crippen molar-refractivity contribution in [3.8, 4) is 0 Å². The van der Waals surface area contributed by atoms with Gasteiger partial charge in [-0.15, -0.1) is 0 Å². The molecular weight excluding hydrogens is 304 g/mol. The van der Waals surface area contributed by atoms with Crippen LogP contribution in [0.1, 0.15) is 11.1 Å². The Hall–Kier alpha value is -0.650. The summed E-state index contributed by atoms with van der Waals surface area (Å²) in [5, 5.41) is 0. The van der Waals surface area contributed by atoms with Crippen molar-refractivity contribution in [3.05, 3.63) is 23.3 Å². The molecule has 0 unspecified atom stereocenters. The van der Waals surface area contributed by atoms with Gasteiger partial charge in [0, 0.05) is 11.1 Å². The first-order chi connectivity index (χ1) is 8.09. The van der Waals surface area contributed by atoms with Gasteiger partial charge in [0.05, 0.1) is 0 Å². The predicted molar refractivity (Wildman–Crippen MR) is 61.6 cm³/mol. The average molecular weight is 312 g/mol. The highest BCUT2D eigenvalue weighted by Crippen LogP contribution is 2.32. The maximum atomic E-state index is 11.3. The van der Waals surface area contributed by atoms with E-state index in [1.165, 1.54) is 0 Å². The molecule has 2 N–H and O–H groups in total. The number of fused-ring (bicyclic) bond motifs is 1. The van der Waals surface area contributed by atoms with Crippen molar-refractivity contribution in [1.82, 2.24) is 0 Å². The van der Waals surface area contributed by atoms with Gasteiger partial charge in [0.25, 0.3) is 20.2 Å². The monoisotopic (exact) mass is 312 g/mol. The summed E-state index contributed by atoms with van der Waals surface area (Å²) in [6.07, 6.45) is 0. The molecule has 0 fully saturated rings. The van der Waals surface area contributed by atoms with E-state index in [-0.39, 0.29) is 11.5 Å². The van der Waals surface area contributed by atoms with Gasteiger partial charge in [0.15, 0.2) is 0 Å². The second-order valence-corrected chi connectivity index (χ2v) is 7.98. The zero-order chi connectivity index (χ0) is 13.7. The first-order valence-corrected chi connectivity index (χ1v) is 8.91. The topological polar surface area (TPSA) is 132 Å². The Morgan fingerprint density at radius 1 is 0.944 bits per heavy atom. The zero-order valence-corrected chi connectivity index (χ0v) is 11.2. The summed E-state index contributed by atoms with van der Waals surface area (Å²) >= 11 is -1.24. The molecule has 100 valence electrons. The lowest BCUT2D eigenvalue weighted by molar-refractivity contribution is 0.466. The molecule has 0 aliphatic carbocycles. The molecule has 7 nitrogen and oxygen atoms in total.